The van der Waals surface area contributed by atoms with E-state index in [-0.39, 0.29) is 35.3 Å². The second-order valence-corrected chi connectivity index (χ2v) is 4.33. The Hall–Kier alpha value is -1.50. The minimum absolute atomic E-state index is 0.00550. The van der Waals surface area contributed by atoms with Crippen molar-refractivity contribution in [3.63, 3.8) is 0 Å². The number of aliphatic hydroxyl groups is 1. The first kappa shape index (κ1) is 16.6. The Bertz CT molecular complexity index is 462. The van der Waals surface area contributed by atoms with Gasteiger partial charge in [0, 0.05) is 6.61 Å². The SMILES string of the molecule is CCOCC(O)COc1c(Cl)cc(C(=O)O)cc1OC. The number of carboxylic acids is 1. The van der Waals surface area contributed by atoms with Crippen molar-refractivity contribution in [2.45, 2.75) is 13.0 Å². The highest BCUT2D eigenvalue weighted by Gasteiger charge is 2.16. The van der Waals surface area contributed by atoms with Crippen LogP contribution in [0.1, 0.15) is 17.3 Å². The van der Waals surface area contributed by atoms with E-state index in [9.17, 15) is 9.90 Å². The number of ether oxygens (including phenoxy) is 3. The number of hydrogen-bond acceptors (Lipinski definition) is 5. The molecule has 0 fully saturated rings. The zero-order valence-corrected chi connectivity index (χ0v) is 12.0. The number of halogens is 1. The molecule has 112 valence electrons. The van der Waals surface area contributed by atoms with Gasteiger partial charge in [0.1, 0.15) is 12.7 Å². The number of methoxy groups -OCH3 is 1. The fraction of sp³-hybridized carbons (Fsp3) is 0.462. The predicted molar refractivity (Wildman–Crippen MR) is 73.0 cm³/mol. The maximum Gasteiger partial charge on any atom is 0.335 e. The van der Waals surface area contributed by atoms with Crippen LogP contribution < -0.4 is 9.47 Å². The summed E-state index contributed by atoms with van der Waals surface area (Å²) in [4.78, 5) is 10.9. The Labute approximate surface area is 121 Å². The van der Waals surface area contributed by atoms with Crippen LogP contribution in [0.15, 0.2) is 12.1 Å². The van der Waals surface area contributed by atoms with Crippen LogP contribution in [0.4, 0.5) is 0 Å². The van der Waals surface area contributed by atoms with Gasteiger partial charge in [0.05, 0.1) is 24.3 Å². The minimum Gasteiger partial charge on any atom is -0.493 e. The molecule has 0 saturated carbocycles. The molecule has 20 heavy (non-hydrogen) atoms. The topological polar surface area (TPSA) is 85.2 Å². The second kappa shape index (κ2) is 7.94. The molecular formula is C13H17ClO6. The number of aromatic carboxylic acids is 1. The van der Waals surface area contributed by atoms with Gasteiger partial charge in [0.25, 0.3) is 0 Å². The van der Waals surface area contributed by atoms with Gasteiger partial charge in [-0.15, -0.1) is 0 Å². The van der Waals surface area contributed by atoms with Gasteiger partial charge in [-0.05, 0) is 19.1 Å². The molecule has 6 nitrogen and oxygen atoms in total. The number of hydrogen-bond donors (Lipinski definition) is 2. The van der Waals surface area contributed by atoms with Gasteiger partial charge in [-0.2, -0.15) is 0 Å². The molecule has 0 amide bonds. The molecule has 1 rings (SSSR count). The summed E-state index contributed by atoms with van der Waals surface area (Å²) in [5.41, 5.74) is -0.00550. The van der Waals surface area contributed by atoms with Gasteiger partial charge < -0.3 is 24.4 Å². The number of carbonyl (C=O) groups is 1. The molecule has 1 atom stereocenters. The van der Waals surface area contributed by atoms with Gasteiger partial charge >= 0.3 is 5.97 Å². The quantitative estimate of drug-likeness (QED) is 0.762. The maximum absolute atomic E-state index is 10.9. The number of rotatable bonds is 8. The summed E-state index contributed by atoms with van der Waals surface area (Å²) >= 11 is 5.96. The van der Waals surface area contributed by atoms with Gasteiger partial charge in [-0.25, -0.2) is 4.79 Å². The molecule has 0 aromatic heterocycles. The Morgan fingerprint density at radius 2 is 2.10 bits per heavy atom. The molecule has 0 aliphatic rings. The molecular weight excluding hydrogens is 288 g/mol. The van der Waals surface area contributed by atoms with Gasteiger partial charge in [-0.3, -0.25) is 0 Å². The smallest absolute Gasteiger partial charge is 0.335 e. The summed E-state index contributed by atoms with van der Waals surface area (Å²) in [6.07, 6.45) is -0.810. The van der Waals surface area contributed by atoms with Crippen molar-refractivity contribution in [1.29, 1.82) is 0 Å². The first-order valence-corrected chi connectivity index (χ1v) is 6.36. The van der Waals surface area contributed by atoms with Crippen LogP contribution in [-0.4, -0.2) is 49.2 Å². The molecule has 0 spiro atoms. The molecule has 1 unspecified atom stereocenters. The third kappa shape index (κ3) is 4.56. The number of benzene rings is 1. The molecule has 7 heteroatoms. The van der Waals surface area contributed by atoms with Crippen molar-refractivity contribution in [1.82, 2.24) is 0 Å². The largest absolute Gasteiger partial charge is 0.493 e. The van der Waals surface area contributed by atoms with E-state index in [0.717, 1.165) is 0 Å². The highest BCUT2D eigenvalue weighted by Crippen LogP contribution is 2.36. The van der Waals surface area contributed by atoms with Crippen LogP contribution in [0.3, 0.4) is 0 Å². The van der Waals surface area contributed by atoms with E-state index >= 15 is 0 Å². The molecule has 0 saturated heterocycles. The van der Waals surface area contributed by atoms with E-state index in [1.807, 2.05) is 6.92 Å². The average Bonchev–Trinajstić information content (AvgIpc) is 2.42. The lowest BCUT2D eigenvalue weighted by atomic mass is 10.2. The molecule has 1 aromatic rings. The highest BCUT2D eigenvalue weighted by atomic mass is 35.5. The lowest BCUT2D eigenvalue weighted by Crippen LogP contribution is -2.23. The lowest BCUT2D eigenvalue weighted by molar-refractivity contribution is 0.0160. The minimum atomic E-state index is -1.12. The Kier molecular flexibility index (Phi) is 6.57. The Morgan fingerprint density at radius 1 is 1.40 bits per heavy atom. The monoisotopic (exact) mass is 304 g/mol. The fourth-order valence-electron chi connectivity index (χ4n) is 1.46. The normalized spacial score (nSPS) is 12.0. The molecule has 0 aliphatic heterocycles. The molecule has 0 heterocycles. The summed E-state index contributed by atoms with van der Waals surface area (Å²) in [6, 6.07) is 2.56. The van der Waals surface area contributed by atoms with Crippen molar-refractivity contribution in [3.8, 4) is 11.5 Å². The standard InChI is InChI=1S/C13H17ClO6/c1-3-19-6-9(15)7-20-12-10(14)4-8(13(16)17)5-11(12)18-2/h4-5,9,15H,3,6-7H2,1-2H3,(H,16,17). The van der Waals surface area contributed by atoms with E-state index in [0.29, 0.717) is 6.61 Å². The van der Waals surface area contributed by atoms with Crippen molar-refractivity contribution >= 4 is 17.6 Å². The van der Waals surface area contributed by atoms with Crippen LogP contribution in [0, 0.1) is 0 Å². The van der Waals surface area contributed by atoms with Crippen molar-refractivity contribution < 1.29 is 29.2 Å². The second-order valence-electron chi connectivity index (χ2n) is 3.92. The van der Waals surface area contributed by atoms with E-state index < -0.39 is 12.1 Å². The van der Waals surface area contributed by atoms with E-state index in [2.05, 4.69) is 0 Å². The first-order chi connectivity index (χ1) is 9.49. The summed E-state index contributed by atoms with van der Waals surface area (Å²) < 4.78 is 15.5. The van der Waals surface area contributed by atoms with Crippen LogP contribution >= 0.6 is 11.6 Å². The predicted octanol–water partition coefficient (Wildman–Crippen LogP) is 1.82. The van der Waals surface area contributed by atoms with E-state index in [4.69, 9.17) is 30.9 Å². The zero-order chi connectivity index (χ0) is 15.1. The van der Waals surface area contributed by atoms with Gasteiger partial charge in [0.2, 0.25) is 0 Å². The number of aliphatic hydroxyl groups excluding tert-OH is 1. The van der Waals surface area contributed by atoms with Crippen LogP contribution in [0.25, 0.3) is 0 Å². The average molecular weight is 305 g/mol. The molecule has 0 bridgehead atoms. The van der Waals surface area contributed by atoms with Gasteiger partial charge in [0.15, 0.2) is 11.5 Å². The summed E-state index contributed by atoms with van der Waals surface area (Å²) in [5.74, 6) is -0.735. The maximum atomic E-state index is 10.9. The Morgan fingerprint density at radius 3 is 2.65 bits per heavy atom. The Balaban J connectivity index is 2.81. The zero-order valence-electron chi connectivity index (χ0n) is 11.3. The lowest BCUT2D eigenvalue weighted by Gasteiger charge is -2.16. The summed E-state index contributed by atoms with van der Waals surface area (Å²) in [7, 11) is 1.38. The fourth-order valence-corrected chi connectivity index (χ4v) is 1.73. The van der Waals surface area contributed by atoms with Crippen molar-refractivity contribution in [3.05, 3.63) is 22.7 Å². The third-order valence-corrected chi connectivity index (χ3v) is 2.69. The van der Waals surface area contributed by atoms with E-state index in [1.54, 1.807) is 0 Å². The van der Waals surface area contributed by atoms with Crippen LogP contribution in [0.2, 0.25) is 5.02 Å². The molecule has 1 aromatic carbocycles. The summed E-state index contributed by atoms with van der Waals surface area (Å²) in [6.45, 7) is 2.42. The van der Waals surface area contributed by atoms with E-state index in [1.165, 1.54) is 19.2 Å². The first-order valence-electron chi connectivity index (χ1n) is 5.99. The van der Waals surface area contributed by atoms with Crippen LogP contribution in [-0.2, 0) is 4.74 Å². The van der Waals surface area contributed by atoms with Crippen molar-refractivity contribution in [2.24, 2.45) is 0 Å². The number of carboxylic acid groups (broad SMARTS) is 1. The van der Waals surface area contributed by atoms with Crippen molar-refractivity contribution in [2.75, 3.05) is 26.9 Å². The highest BCUT2D eigenvalue weighted by molar-refractivity contribution is 6.32. The molecule has 2 N–H and O–H groups in total. The third-order valence-electron chi connectivity index (χ3n) is 2.41. The molecule has 0 aliphatic carbocycles. The molecule has 0 radical (unpaired) electrons. The van der Waals surface area contributed by atoms with Crippen LogP contribution in [0.5, 0.6) is 11.5 Å². The summed E-state index contributed by atoms with van der Waals surface area (Å²) in [5, 5.41) is 18.6. The van der Waals surface area contributed by atoms with Gasteiger partial charge in [-0.1, -0.05) is 11.6 Å².